The summed E-state index contributed by atoms with van der Waals surface area (Å²) in [6.07, 6.45) is 4.04. The fourth-order valence-corrected chi connectivity index (χ4v) is 4.28. The predicted octanol–water partition coefficient (Wildman–Crippen LogP) is 3.97. The topological polar surface area (TPSA) is 61.8 Å². The maximum Gasteiger partial charge on any atom is 0.254 e. The van der Waals surface area contributed by atoms with Crippen LogP contribution < -0.4 is 14.5 Å². The molecule has 3 aromatic rings. The molecule has 2 aliphatic heterocycles. The van der Waals surface area contributed by atoms with Gasteiger partial charge < -0.3 is 19.4 Å². The van der Waals surface area contributed by atoms with E-state index in [9.17, 15) is 9.18 Å². The van der Waals surface area contributed by atoms with E-state index in [2.05, 4.69) is 25.8 Å². The first-order valence-corrected chi connectivity index (χ1v) is 11.3. The van der Waals surface area contributed by atoms with E-state index < -0.39 is 0 Å². The Bertz CT molecular complexity index is 1110. The Balaban J connectivity index is 1.21. The van der Waals surface area contributed by atoms with Crippen molar-refractivity contribution in [3.63, 3.8) is 0 Å². The van der Waals surface area contributed by atoms with Crippen molar-refractivity contribution in [3.8, 4) is 11.5 Å². The number of aromatic nitrogens is 2. The minimum atomic E-state index is -0.320. The lowest BCUT2D eigenvalue weighted by Crippen LogP contribution is -2.49. The van der Waals surface area contributed by atoms with Gasteiger partial charge in [0.1, 0.15) is 35.3 Å². The lowest BCUT2D eigenvalue weighted by Gasteiger charge is -2.35. The number of carbonyl (C=O) groups excluding carboxylic acids is 1. The Hall–Kier alpha value is -3.68. The van der Waals surface area contributed by atoms with Gasteiger partial charge in [0, 0.05) is 50.9 Å². The van der Waals surface area contributed by atoms with Crippen LogP contribution >= 0.6 is 0 Å². The Morgan fingerprint density at radius 3 is 2.15 bits per heavy atom. The molecule has 33 heavy (non-hydrogen) atoms. The van der Waals surface area contributed by atoms with Gasteiger partial charge in [0.25, 0.3) is 5.91 Å². The summed E-state index contributed by atoms with van der Waals surface area (Å²) in [4.78, 5) is 28.4. The van der Waals surface area contributed by atoms with E-state index in [1.165, 1.54) is 25.0 Å². The number of anilines is 2. The van der Waals surface area contributed by atoms with Crippen LogP contribution in [0.25, 0.3) is 0 Å². The molecule has 0 saturated carbocycles. The summed E-state index contributed by atoms with van der Waals surface area (Å²) >= 11 is 0. The minimum Gasteiger partial charge on any atom is -0.457 e. The number of hydrogen-bond acceptors (Lipinski definition) is 6. The molecule has 1 aromatic heterocycles. The van der Waals surface area contributed by atoms with Gasteiger partial charge in [0.2, 0.25) is 0 Å². The number of nitrogens with zero attached hydrogens (tertiary/aromatic N) is 5. The third-order valence-electron chi connectivity index (χ3n) is 6.09. The molecule has 0 aliphatic carbocycles. The first-order valence-electron chi connectivity index (χ1n) is 11.3. The Labute approximate surface area is 192 Å². The highest BCUT2D eigenvalue weighted by Gasteiger charge is 2.24. The van der Waals surface area contributed by atoms with Crippen LogP contribution in [0.15, 0.2) is 60.9 Å². The molecule has 1 amide bonds. The molecule has 2 saturated heterocycles. The molecule has 3 heterocycles. The molecule has 0 bridgehead atoms. The average molecular weight is 448 g/mol. The van der Waals surface area contributed by atoms with Crippen LogP contribution in [0.3, 0.4) is 0 Å². The van der Waals surface area contributed by atoms with Gasteiger partial charge in [-0.2, -0.15) is 0 Å². The van der Waals surface area contributed by atoms with Gasteiger partial charge >= 0.3 is 0 Å². The van der Waals surface area contributed by atoms with Crippen molar-refractivity contribution in [2.45, 2.75) is 12.8 Å². The second-order valence-corrected chi connectivity index (χ2v) is 8.29. The van der Waals surface area contributed by atoms with Crippen molar-refractivity contribution in [3.05, 3.63) is 72.3 Å². The Morgan fingerprint density at radius 2 is 1.45 bits per heavy atom. The Morgan fingerprint density at radius 1 is 0.788 bits per heavy atom. The molecule has 2 fully saturated rings. The molecule has 0 atom stereocenters. The normalized spacial score (nSPS) is 16.2. The van der Waals surface area contributed by atoms with Gasteiger partial charge in [0.15, 0.2) is 0 Å². The smallest absolute Gasteiger partial charge is 0.254 e. The fraction of sp³-hybridized carbons (Fsp3) is 0.320. The minimum absolute atomic E-state index is 0.0281. The molecule has 7 nitrogen and oxygen atoms in total. The summed E-state index contributed by atoms with van der Waals surface area (Å²) in [5.41, 5.74) is 0.571. The number of rotatable bonds is 5. The quantitative estimate of drug-likeness (QED) is 0.590. The second kappa shape index (κ2) is 9.44. The summed E-state index contributed by atoms with van der Waals surface area (Å²) in [6, 6.07) is 15.0. The summed E-state index contributed by atoms with van der Waals surface area (Å²) < 4.78 is 18.9. The number of piperazine rings is 1. The maximum absolute atomic E-state index is 13.1. The number of benzene rings is 2. The molecule has 0 N–H and O–H groups in total. The zero-order valence-corrected chi connectivity index (χ0v) is 18.4. The SMILES string of the molecule is O=C(c1cccc(Oc2ccc(F)cc2)c1)N1CCN(c2cc(N3CCCC3)ncn2)CC1. The van der Waals surface area contributed by atoms with Crippen LogP contribution in [0.2, 0.25) is 0 Å². The monoisotopic (exact) mass is 447 g/mol. The zero-order chi connectivity index (χ0) is 22.6. The van der Waals surface area contributed by atoms with E-state index in [0.29, 0.717) is 43.2 Å². The van der Waals surface area contributed by atoms with E-state index in [1.807, 2.05) is 4.90 Å². The molecule has 5 rings (SSSR count). The average Bonchev–Trinajstić information content (AvgIpc) is 3.41. The van der Waals surface area contributed by atoms with Crippen LogP contribution in [0, 0.1) is 5.82 Å². The number of halogens is 1. The van der Waals surface area contributed by atoms with E-state index in [-0.39, 0.29) is 11.7 Å². The highest BCUT2D eigenvalue weighted by Crippen LogP contribution is 2.25. The lowest BCUT2D eigenvalue weighted by atomic mass is 10.1. The summed E-state index contributed by atoms with van der Waals surface area (Å²) in [7, 11) is 0. The Kier molecular flexibility index (Phi) is 6.06. The van der Waals surface area contributed by atoms with Gasteiger partial charge in [-0.25, -0.2) is 14.4 Å². The molecule has 2 aromatic carbocycles. The number of carbonyl (C=O) groups is 1. The molecule has 8 heteroatoms. The van der Waals surface area contributed by atoms with Crippen molar-refractivity contribution in [1.82, 2.24) is 14.9 Å². The molecule has 2 aliphatic rings. The lowest BCUT2D eigenvalue weighted by molar-refractivity contribution is 0.0746. The van der Waals surface area contributed by atoms with E-state index in [4.69, 9.17) is 4.74 Å². The summed E-state index contributed by atoms with van der Waals surface area (Å²) in [5, 5.41) is 0. The van der Waals surface area contributed by atoms with Crippen LogP contribution in [0.5, 0.6) is 11.5 Å². The molecule has 0 unspecified atom stereocenters. The maximum atomic E-state index is 13.1. The van der Waals surface area contributed by atoms with Crippen molar-refractivity contribution in [2.75, 3.05) is 49.1 Å². The van der Waals surface area contributed by atoms with Crippen LogP contribution in [-0.2, 0) is 0 Å². The van der Waals surface area contributed by atoms with Crippen molar-refractivity contribution >= 4 is 17.5 Å². The van der Waals surface area contributed by atoms with Gasteiger partial charge in [-0.15, -0.1) is 0 Å². The van der Waals surface area contributed by atoms with Crippen LogP contribution in [0.4, 0.5) is 16.0 Å². The highest BCUT2D eigenvalue weighted by molar-refractivity contribution is 5.94. The highest BCUT2D eigenvalue weighted by atomic mass is 19.1. The van der Waals surface area contributed by atoms with Gasteiger partial charge in [-0.05, 0) is 55.3 Å². The predicted molar refractivity (Wildman–Crippen MR) is 125 cm³/mol. The number of amides is 1. The molecule has 170 valence electrons. The van der Waals surface area contributed by atoms with Crippen molar-refractivity contribution in [2.24, 2.45) is 0 Å². The second-order valence-electron chi connectivity index (χ2n) is 8.29. The zero-order valence-electron chi connectivity index (χ0n) is 18.4. The van der Waals surface area contributed by atoms with Crippen molar-refractivity contribution < 1.29 is 13.9 Å². The first kappa shape index (κ1) is 21.2. The third-order valence-corrected chi connectivity index (χ3v) is 6.09. The summed E-state index contributed by atoms with van der Waals surface area (Å²) in [6.45, 7) is 4.75. The van der Waals surface area contributed by atoms with Crippen LogP contribution in [0.1, 0.15) is 23.2 Å². The van der Waals surface area contributed by atoms with E-state index >= 15 is 0 Å². The third kappa shape index (κ3) is 4.89. The fourth-order valence-electron chi connectivity index (χ4n) is 4.28. The summed E-state index contributed by atoms with van der Waals surface area (Å²) in [5.74, 6) is 2.61. The van der Waals surface area contributed by atoms with Crippen molar-refractivity contribution in [1.29, 1.82) is 0 Å². The largest absolute Gasteiger partial charge is 0.457 e. The molecule has 0 radical (unpaired) electrons. The number of hydrogen-bond donors (Lipinski definition) is 0. The van der Waals surface area contributed by atoms with Crippen LogP contribution in [-0.4, -0.2) is 60.0 Å². The van der Waals surface area contributed by atoms with E-state index in [1.54, 1.807) is 42.7 Å². The molecule has 0 spiro atoms. The van der Waals surface area contributed by atoms with Gasteiger partial charge in [0.05, 0.1) is 0 Å². The molecular formula is C25H26FN5O2. The molecular weight excluding hydrogens is 421 g/mol. The standard InChI is InChI=1S/C25H26FN5O2/c26-20-6-8-21(9-7-20)33-22-5-3-4-19(16-22)25(32)31-14-12-30(13-15-31)24-17-23(27-18-28-24)29-10-1-2-11-29/h3-9,16-18H,1-2,10-15H2. The first-order chi connectivity index (χ1) is 16.2. The van der Waals surface area contributed by atoms with E-state index in [0.717, 1.165) is 24.7 Å². The van der Waals surface area contributed by atoms with Gasteiger partial charge in [-0.3, -0.25) is 4.79 Å². The van der Waals surface area contributed by atoms with Gasteiger partial charge in [-0.1, -0.05) is 6.07 Å². The number of ether oxygens (including phenoxy) is 1.